The van der Waals surface area contributed by atoms with Crippen LogP contribution in [0.3, 0.4) is 0 Å². The molecule has 1 heterocycles. The monoisotopic (exact) mass is 389 g/mol. The van der Waals surface area contributed by atoms with Crippen molar-refractivity contribution in [2.24, 2.45) is 0 Å². The van der Waals surface area contributed by atoms with Crippen LogP contribution < -0.4 is 24.0 Å². The van der Waals surface area contributed by atoms with Gasteiger partial charge in [-0.3, -0.25) is 0 Å². The first kappa shape index (κ1) is 17.2. The number of nitrogens with zero attached hydrogens (tertiary/aromatic N) is 2. The van der Waals surface area contributed by atoms with Gasteiger partial charge >= 0.3 is 152 Å². The average molecular weight is 388 g/mol. The number of nitrogens with one attached hydrogen (secondary N) is 1. The van der Waals surface area contributed by atoms with E-state index in [1.807, 2.05) is 0 Å². The Balaban J connectivity index is 1.91. The Bertz CT molecular complexity index is 647. The fourth-order valence-electron chi connectivity index (χ4n) is 3.23. The van der Waals surface area contributed by atoms with E-state index in [9.17, 15) is 0 Å². The van der Waals surface area contributed by atoms with Gasteiger partial charge in [0.2, 0.25) is 0 Å². The van der Waals surface area contributed by atoms with Crippen molar-refractivity contribution in [2.75, 3.05) is 41.3 Å². The number of hydrogen-bond donors (Lipinski definition) is 1. The summed E-state index contributed by atoms with van der Waals surface area (Å²) in [5.41, 5.74) is 5.22. The van der Waals surface area contributed by atoms with Crippen molar-refractivity contribution in [3.8, 4) is 0 Å². The van der Waals surface area contributed by atoms with Crippen molar-refractivity contribution in [1.82, 2.24) is 0 Å². The summed E-state index contributed by atoms with van der Waals surface area (Å²) in [6.07, 6.45) is 0. The third-order valence-electron chi connectivity index (χ3n) is 4.68. The van der Waals surface area contributed by atoms with Gasteiger partial charge in [0.1, 0.15) is 0 Å². The molecule has 0 spiro atoms. The fraction of sp³-hybridized carbons (Fsp3) is 0.400. The van der Waals surface area contributed by atoms with Gasteiger partial charge in [0.25, 0.3) is 0 Å². The Morgan fingerprint density at radius 2 is 1.12 bits per heavy atom. The summed E-state index contributed by atoms with van der Waals surface area (Å²) in [5.74, 6) is 0. The second-order valence-electron chi connectivity index (χ2n) is 5.93. The molecule has 0 aromatic heterocycles. The summed E-state index contributed by atoms with van der Waals surface area (Å²) >= 11 is 0.349. The summed E-state index contributed by atoms with van der Waals surface area (Å²) in [6.45, 7) is 13.1. The number of hydrogen-bond acceptors (Lipinski definition) is 3. The number of anilines is 4. The predicted octanol–water partition coefficient (Wildman–Crippen LogP) is 3.09. The molecule has 3 rings (SSSR count). The van der Waals surface area contributed by atoms with E-state index >= 15 is 0 Å². The topological polar surface area (TPSA) is 18.5 Å². The van der Waals surface area contributed by atoms with Crippen LogP contribution in [0.4, 0.5) is 22.7 Å². The number of rotatable bonds is 6. The standard InChI is InChI=1S/C20H27N3Se/c1-5-22(6-2)15-9-11-17-19(13-15)24-20-14-16(23(7-3)8-4)10-12-18(20)21-17/h9-14,21H,5-8H2,1-4H3. The van der Waals surface area contributed by atoms with E-state index in [1.54, 1.807) is 0 Å². The third-order valence-corrected chi connectivity index (χ3v) is 7.02. The van der Waals surface area contributed by atoms with Crippen LogP contribution >= 0.6 is 0 Å². The Morgan fingerprint density at radius 3 is 1.50 bits per heavy atom. The number of benzene rings is 2. The Morgan fingerprint density at radius 1 is 0.708 bits per heavy atom. The first-order chi connectivity index (χ1) is 11.7. The molecule has 0 unspecified atom stereocenters. The van der Waals surface area contributed by atoms with Crippen molar-refractivity contribution in [3.05, 3.63) is 36.4 Å². The predicted molar refractivity (Wildman–Crippen MR) is 108 cm³/mol. The van der Waals surface area contributed by atoms with E-state index in [0.29, 0.717) is 15.0 Å². The SMILES string of the molecule is CCN(CC)c1ccc2c(c1)[Se]c1cc(N(CC)CC)ccc1N2. The summed E-state index contributed by atoms with van der Waals surface area (Å²) in [5, 5.41) is 3.62. The quantitative estimate of drug-likeness (QED) is 0.655. The van der Waals surface area contributed by atoms with Crippen molar-refractivity contribution < 1.29 is 0 Å². The van der Waals surface area contributed by atoms with E-state index in [2.05, 4.69) is 79.2 Å². The van der Waals surface area contributed by atoms with Gasteiger partial charge in [-0.25, -0.2) is 0 Å². The minimum absolute atomic E-state index is 0.349. The second kappa shape index (κ2) is 7.50. The van der Waals surface area contributed by atoms with Crippen LogP contribution in [-0.4, -0.2) is 41.1 Å². The van der Waals surface area contributed by atoms with Crippen LogP contribution in [0.2, 0.25) is 0 Å². The molecular weight excluding hydrogens is 361 g/mol. The normalized spacial score (nSPS) is 12.2. The van der Waals surface area contributed by atoms with Crippen LogP contribution in [0.5, 0.6) is 0 Å². The fourth-order valence-corrected chi connectivity index (χ4v) is 5.44. The van der Waals surface area contributed by atoms with E-state index in [1.165, 1.54) is 31.7 Å². The molecule has 128 valence electrons. The van der Waals surface area contributed by atoms with E-state index in [-0.39, 0.29) is 0 Å². The molecule has 2 aromatic carbocycles. The van der Waals surface area contributed by atoms with Crippen molar-refractivity contribution in [3.63, 3.8) is 0 Å². The van der Waals surface area contributed by atoms with E-state index in [4.69, 9.17) is 0 Å². The Hall–Kier alpha value is -1.64. The van der Waals surface area contributed by atoms with Crippen LogP contribution in [0, 0.1) is 0 Å². The molecular formula is C20H27N3Se. The second-order valence-corrected chi connectivity index (χ2v) is 8.21. The maximum absolute atomic E-state index is 3.62. The first-order valence-corrected chi connectivity index (χ1v) is 10.6. The molecule has 24 heavy (non-hydrogen) atoms. The van der Waals surface area contributed by atoms with Gasteiger partial charge in [-0.05, 0) is 0 Å². The Labute approximate surface area is 152 Å². The molecule has 0 atom stereocenters. The molecule has 1 aliphatic heterocycles. The van der Waals surface area contributed by atoms with Gasteiger partial charge < -0.3 is 0 Å². The van der Waals surface area contributed by atoms with Crippen molar-refractivity contribution in [2.45, 2.75) is 27.7 Å². The van der Waals surface area contributed by atoms with Crippen LogP contribution in [0.25, 0.3) is 0 Å². The van der Waals surface area contributed by atoms with Gasteiger partial charge in [0.15, 0.2) is 0 Å². The molecule has 1 N–H and O–H groups in total. The molecule has 2 aromatic rings. The van der Waals surface area contributed by atoms with Crippen LogP contribution in [0.1, 0.15) is 27.7 Å². The van der Waals surface area contributed by atoms with Crippen molar-refractivity contribution >= 4 is 46.6 Å². The van der Waals surface area contributed by atoms with Crippen molar-refractivity contribution in [1.29, 1.82) is 0 Å². The molecule has 4 heteroatoms. The third kappa shape index (κ3) is 3.26. The van der Waals surface area contributed by atoms with Gasteiger partial charge in [-0.1, -0.05) is 0 Å². The molecule has 3 nitrogen and oxygen atoms in total. The molecule has 1 aliphatic rings. The molecule has 0 fully saturated rings. The first-order valence-electron chi connectivity index (χ1n) is 8.92. The summed E-state index contributed by atoms with van der Waals surface area (Å²) < 4.78 is 2.91. The summed E-state index contributed by atoms with van der Waals surface area (Å²) in [7, 11) is 0. The molecule has 0 aliphatic carbocycles. The molecule has 0 radical (unpaired) electrons. The summed E-state index contributed by atoms with van der Waals surface area (Å²) in [4.78, 5) is 4.83. The zero-order valence-corrected chi connectivity index (χ0v) is 16.8. The molecule has 0 saturated carbocycles. The molecule has 0 amide bonds. The zero-order valence-electron chi connectivity index (χ0n) is 15.1. The molecule has 0 saturated heterocycles. The maximum atomic E-state index is 3.62. The van der Waals surface area contributed by atoms with Crippen LogP contribution in [0.15, 0.2) is 36.4 Å². The summed E-state index contributed by atoms with van der Waals surface area (Å²) in [6, 6.07) is 13.7. The van der Waals surface area contributed by atoms with Gasteiger partial charge in [-0.15, -0.1) is 0 Å². The average Bonchev–Trinajstić information content (AvgIpc) is 2.62. The minimum atomic E-state index is 0.349. The number of fused-ring (bicyclic) bond motifs is 2. The van der Waals surface area contributed by atoms with E-state index in [0.717, 1.165) is 26.2 Å². The van der Waals surface area contributed by atoms with Crippen LogP contribution in [-0.2, 0) is 0 Å². The zero-order chi connectivity index (χ0) is 17.1. The molecule has 0 bridgehead atoms. The van der Waals surface area contributed by atoms with E-state index < -0.39 is 0 Å². The van der Waals surface area contributed by atoms with Gasteiger partial charge in [0, 0.05) is 0 Å². The van der Waals surface area contributed by atoms with Gasteiger partial charge in [0.05, 0.1) is 0 Å². The Kier molecular flexibility index (Phi) is 5.37. The van der Waals surface area contributed by atoms with Gasteiger partial charge in [-0.2, -0.15) is 0 Å².